The van der Waals surface area contributed by atoms with Gasteiger partial charge < -0.3 is 180 Å². The van der Waals surface area contributed by atoms with Gasteiger partial charge in [0, 0.05) is 23.3 Å². The first-order chi connectivity index (χ1) is 52.6. The van der Waals surface area contributed by atoms with E-state index in [1.807, 2.05) is 0 Å². The lowest BCUT2D eigenvalue weighted by molar-refractivity contribution is -0.284. The van der Waals surface area contributed by atoms with Crippen LogP contribution in [0.15, 0.2) is 78.9 Å². The highest BCUT2D eigenvalue weighted by Gasteiger charge is 2.56. The van der Waals surface area contributed by atoms with E-state index >= 15 is 4.79 Å². The first kappa shape index (κ1) is 77.7. The molecule has 3 aliphatic heterocycles. The van der Waals surface area contributed by atoms with Crippen LogP contribution in [-0.2, 0) is 47.4 Å². The van der Waals surface area contributed by atoms with Gasteiger partial charge in [-0.1, -0.05) is 0 Å². The van der Waals surface area contributed by atoms with E-state index < -0.39 is 322 Å². The van der Waals surface area contributed by atoms with Crippen LogP contribution in [0.1, 0.15) is 82.9 Å². The third-order valence-electron chi connectivity index (χ3n) is 16.8. The Labute approximate surface area is 617 Å². The van der Waals surface area contributed by atoms with Crippen molar-refractivity contribution in [2.75, 3.05) is 13.2 Å². The van der Waals surface area contributed by atoms with Gasteiger partial charge in [-0.05, 0) is 66.7 Å². The fourth-order valence-corrected chi connectivity index (χ4v) is 11.2. The quantitative estimate of drug-likeness (QED) is 0.0395. The molecule has 10 unspecified atom stereocenters. The van der Waals surface area contributed by atoms with Crippen molar-refractivity contribution in [3.8, 4) is 155 Å². The summed E-state index contributed by atoms with van der Waals surface area (Å²) < 4.78 is 61.1. The fraction of sp³-hybridized carbons (Fsp3) is 0.176. The van der Waals surface area contributed by atoms with Crippen molar-refractivity contribution < 1.29 is 218 Å². The summed E-state index contributed by atoms with van der Waals surface area (Å²) in [5, 5.41) is 268. The van der Waals surface area contributed by atoms with E-state index in [2.05, 4.69) is 0 Å². The van der Waals surface area contributed by atoms with E-state index in [-0.39, 0.29) is 18.2 Å². The van der Waals surface area contributed by atoms with Gasteiger partial charge in [-0.15, -0.1) is 0 Å². The normalized spacial score (nSPS) is 19.9. The fourth-order valence-electron chi connectivity index (χ4n) is 11.2. The number of aromatic hydroxyl groups is 23. The maximum absolute atomic E-state index is 15.4. The van der Waals surface area contributed by atoms with Crippen molar-refractivity contribution in [2.45, 2.75) is 61.4 Å². The Morgan fingerprint density at radius 1 is 0.348 bits per heavy atom. The molecule has 0 spiro atoms. The third kappa shape index (κ3) is 14.5. The van der Waals surface area contributed by atoms with Crippen molar-refractivity contribution in [1.29, 1.82) is 0 Å². The van der Waals surface area contributed by atoms with Gasteiger partial charge in [0.05, 0.1) is 38.9 Å². The zero-order valence-electron chi connectivity index (χ0n) is 55.1. The summed E-state index contributed by atoms with van der Waals surface area (Å²) in [6, 6.07) is 5.20. The van der Waals surface area contributed by atoms with Crippen molar-refractivity contribution in [3.63, 3.8) is 0 Å². The second-order valence-corrected chi connectivity index (χ2v) is 24.0. The smallest absolute Gasteiger partial charge is 0.342 e. The molecule has 10 atom stereocenters. The maximum Gasteiger partial charge on any atom is 0.342 e. The van der Waals surface area contributed by atoms with Crippen LogP contribution < -0.4 is 4.74 Å². The van der Waals surface area contributed by atoms with Gasteiger partial charge in [-0.25, -0.2) is 38.4 Å². The standard InChI is InChI=1S/C68H52O44/c69-24-1-16(2-25(70)41(24)81)59(94)102-15-38-55(107-60(95)17-3-26(71)42(82)27(72)4-17)57(109-61(96)18-5-28(73)43(83)29(74)6-18)58(68(106-38)112-63(98)20-9-32(77)45(85)33(78)10-20)110-66(101)23-12-35(80)47(87)52(92)54(23)104-36-13-22-40(51(91)48(36)88)39-21(11-34(79)46(86)50(39)90)65(100)108-56-49(89)37(14-103-64(22)99)105-67(53(56)93)111-62(97)19-7-30(75)44(84)31(76)8-19/h1-13,37-38,49,53,55-58,67-93H,14-15H2. The summed E-state index contributed by atoms with van der Waals surface area (Å²) in [5.74, 6) is -49.8. The molecular formula is C68H52O44. The van der Waals surface area contributed by atoms with Gasteiger partial charge in [-0.2, -0.15) is 0 Å². The number of fused-ring (bicyclic) bond motifs is 5. The summed E-state index contributed by atoms with van der Waals surface area (Å²) in [6.45, 7) is -2.86. The average molecular weight is 1570 g/mol. The summed E-state index contributed by atoms with van der Waals surface area (Å²) in [4.78, 5) is 115. The Morgan fingerprint density at radius 2 is 0.714 bits per heavy atom. The lowest BCUT2D eigenvalue weighted by Crippen LogP contribution is -2.63. The average Bonchev–Trinajstić information content (AvgIpc) is 0.742. The molecule has 11 rings (SSSR count). The Kier molecular flexibility index (Phi) is 20.6. The third-order valence-corrected chi connectivity index (χ3v) is 16.8. The number of carbonyl (C=O) groups is 8. The first-order valence-corrected chi connectivity index (χ1v) is 31.0. The van der Waals surface area contributed by atoms with E-state index in [0.717, 1.165) is 0 Å². The lowest BCUT2D eigenvalue weighted by Gasteiger charge is -2.44. The number of carbonyl (C=O) groups excluding carboxylic acids is 8. The molecule has 25 N–H and O–H groups in total. The maximum atomic E-state index is 15.4. The van der Waals surface area contributed by atoms with Gasteiger partial charge in [0.15, 0.2) is 145 Å². The number of phenols is 23. The molecule has 0 aliphatic carbocycles. The van der Waals surface area contributed by atoms with E-state index in [1.165, 1.54) is 0 Å². The molecule has 44 nitrogen and oxygen atoms in total. The largest absolute Gasteiger partial charge is 0.504 e. The number of esters is 8. The zero-order chi connectivity index (χ0) is 82.0. The summed E-state index contributed by atoms with van der Waals surface area (Å²) in [6.07, 6.45) is -26.1. The molecule has 0 radical (unpaired) electrons. The molecule has 44 heteroatoms. The van der Waals surface area contributed by atoms with E-state index in [0.29, 0.717) is 60.7 Å². The molecule has 588 valence electrons. The Hall–Kier alpha value is -15.4. The van der Waals surface area contributed by atoms with Gasteiger partial charge >= 0.3 is 47.8 Å². The number of phenolic OH excluding ortho intramolecular Hbond substituents is 23. The molecular weight excluding hydrogens is 1520 g/mol. The number of cyclic esters (lactones) is 1. The monoisotopic (exact) mass is 1570 g/mol. The molecule has 8 aromatic rings. The van der Waals surface area contributed by atoms with Crippen molar-refractivity contribution in [2.24, 2.45) is 0 Å². The number of benzene rings is 8. The highest BCUT2D eigenvalue weighted by molar-refractivity contribution is 6.09. The van der Waals surface area contributed by atoms with Gasteiger partial charge in [0.25, 0.3) is 0 Å². The Balaban J connectivity index is 1.05. The number of hydrogen-bond donors (Lipinski definition) is 25. The zero-order valence-corrected chi connectivity index (χ0v) is 55.1. The van der Waals surface area contributed by atoms with Crippen LogP contribution in [0.5, 0.6) is 144 Å². The predicted octanol–water partition coefficient (Wildman–Crippen LogP) is 1.79. The minimum atomic E-state index is -3.04. The van der Waals surface area contributed by atoms with Crippen LogP contribution in [0.25, 0.3) is 11.1 Å². The second kappa shape index (κ2) is 29.7. The summed E-state index contributed by atoms with van der Waals surface area (Å²) in [7, 11) is 0. The number of hydrogen-bond acceptors (Lipinski definition) is 44. The van der Waals surface area contributed by atoms with Crippen LogP contribution in [-0.4, -0.2) is 250 Å². The molecule has 3 heterocycles. The lowest BCUT2D eigenvalue weighted by atomic mass is 9.91. The van der Waals surface area contributed by atoms with Crippen LogP contribution >= 0.6 is 0 Å². The predicted molar refractivity (Wildman–Crippen MR) is 346 cm³/mol. The molecule has 0 aromatic heterocycles. The summed E-state index contributed by atoms with van der Waals surface area (Å²) >= 11 is 0. The number of rotatable bonds is 15. The first-order valence-electron chi connectivity index (χ1n) is 31.0. The Bertz CT molecular complexity index is 5160. The molecule has 112 heavy (non-hydrogen) atoms. The number of ether oxygens (including phenoxy) is 11. The molecule has 0 saturated carbocycles. The van der Waals surface area contributed by atoms with Crippen molar-refractivity contribution in [1.82, 2.24) is 0 Å². The molecule has 2 saturated heterocycles. The highest BCUT2D eigenvalue weighted by Crippen LogP contribution is 2.56. The van der Waals surface area contributed by atoms with Gasteiger partial charge in [-0.3, -0.25) is 0 Å². The molecule has 8 aromatic carbocycles. The van der Waals surface area contributed by atoms with Crippen molar-refractivity contribution in [3.05, 3.63) is 123 Å². The van der Waals surface area contributed by atoms with E-state index in [1.54, 1.807) is 0 Å². The highest BCUT2D eigenvalue weighted by atomic mass is 16.8. The van der Waals surface area contributed by atoms with Gasteiger partial charge in [0.2, 0.25) is 41.7 Å². The van der Waals surface area contributed by atoms with Crippen LogP contribution in [0.2, 0.25) is 0 Å². The van der Waals surface area contributed by atoms with Crippen LogP contribution in [0.4, 0.5) is 0 Å². The van der Waals surface area contributed by atoms with E-state index in [9.17, 15) is 161 Å². The number of aliphatic hydroxyl groups excluding tert-OH is 2. The van der Waals surface area contributed by atoms with E-state index in [4.69, 9.17) is 52.1 Å². The molecule has 2 fully saturated rings. The van der Waals surface area contributed by atoms with Crippen LogP contribution in [0.3, 0.4) is 0 Å². The summed E-state index contributed by atoms with van der Waals surface area (Å²) in [5.41, 5.74) is -11.5. The number of aliphatic hydroxyl groups is 2. The second-order valence-electron chi connectivity index (χ2n) is 24.0. The molecule has 3 aliphatic rings. The van der Waals surface area contributed by atoms with Crippen LogP contribution in [0, 0.1) is 0 Å². The topological polar surface area (TPSA) is 744 Å². The minimum absolute atomic E-state index is 0.113. The SMILES string of the molecule is O=C(OCC1OC(OC(=O)c2cc(O)c(O)c(O)c2)C(OC(=O)c2cc(O)c(O)c(O)c2Oc2cc3c(c(O)c2O)-c2c(cc(O)c(O)c2O)C(=O)OC2C(O)C(COC3=O)OC(OC(=O)c3cc(O)c(O)c(O)c3)C2O)C(OC(=O)c2cc(O)c(O)c(O)c2)C1OC(=O)c1cc(O)c(O)c(O)c1)c1cc(O)c(O)c(O)c1. The minimum Gasteiger partial charge on any atom is -0.504 e. The Morgan fingerprint density at radius 3 is 1.17 bits per heavy atom. The van der Waals surface area contributed by atoms with Gasteiger partial charge in [0.1, 0.15) is 37.1 Å². The van der Waals surface area contributed by atoms with Crippen molar-refractivity contribution >= 4 is 47.8 Å². The molecule has 0 amide bonds. The molecule has 2 bridgehead atoms.